The molecule has 1 nitrogen and oxygen atoms in total. The molecule has 1 aromatic heterocycles. The van der Waals surface area contributed by atoms with Crippen molar-refractivity contribution in [3.8, 4) is 0 Å². The van der Waals surface area contributed by atoms with Crippen molar-refractivity contribution in [1.82, 2.24) is 4.98 Å². The van der Waals surface area contributed by atoms with Gasteiger partial charge in [0.15, 0.2) is 0 Å². The summed E-state index contributed by atoms with van der Waals surface area (Å²) in [4.78, 5) is 4.56. The van der Waals surface area contributed by atoms with Crippen LogP contribution < -0.4 is 0 Å². The molecule has 0 aliphatic carbocycles. The predicted octanol–water partition coefficient (Wildman–Crippen LogP) is 5.40. The molecule has 1 heterocycles. The first-order valence-corrected chi connectivity index (χ1v) is 6.84. The van der Waals surface area contributed by atoms with Gasteiger partial charge in [0.2, 0.25) is 0 Å². The van der Waals surface area contributed by atoms with E-state index in [0.717, 1.165) is 11.3 Å². The number of aromatic nitrogens is 1. The zero-order valence-electron chi connectivity index (χ0n) is 10.7. The van der Waals surface area contributed by atoms with Crippen LogP contribution in [0.25, 0.3) is 10.9 Å². The summed E-state index contributed by atoms with van der Waals surface area (Å²) in [6, 6.07) is 3.48. The molecule has 2 rings (SSSR count). The molecule has 1 aromatic carbocycles. The average molecular weight is 331 g/mol. The molecule has 96 valence electrons. The number of halogens is 3. The summed E-state index contributed by atoms with van der Waals surface area (Å²) in [5, 5.41) is 0.795. The van der Waals surface area contributed by atoms with E-state index in [4.69, 9.17) is 11.6 Å². The summed E-state index contributed by atoms with van der Waals surface area (Å²) in [7, 11) is 0. The highest BCUT2D eigenvalue weighted by molar-refractivity contribution is 9.10. The maximum atomic E-state index is 14.1. The number of hydrogen-bond acceptors (Lipinski definition) is 1. The highest BCUT2D eigenvalue weighted by atomic mass is 79.9. The Kier molecular flexibility index (Phi) is 3.41. The number of benzene rings is 1. The van der Waals surface area contributed by atoms with Gasteiger partial charge in [0, 0.05) is 11.1 Å². The van der Waals surface area contributed by atoms with Crippen LogP contribution in [0.4, 0.5) is 4.39 Å². The molecule has 0 N–H and O–H groups in total. The van der Waals surface area contributed by atoms with Crippen LogP contribution in [-0.2, 0) is 5.41 Å². The third-order valence-corrected chi connectivity index (χ3v) is 3.76. The van der Waals surface area contributed by atoms with Crippen molar-refractivity contribution < 1.29 is 4.39 Å². The van der Waals surface area contributed by atoms with Crippen molar-refractivity contribution >= 4 is 38.4 Å². The maximum absolute atomic E-state index is 14.1. The Balaban J connectivity index is 2.91. The lowest BCUT2D eigenvalue weighted by Crippen LogP contribution is -2.14. The number of rotatable bonds is 0. The lowest BCUT2D eigenvalue weighted by Gasteiger charge is -2.19. The minimum Gasteiger partial charge on any atom is -0.252 e. The zero-order valence-corrected chi connectivity index (χ0v) is 13.1. The first kappa shape index (κ1) is 13.8. The minimum absolute atomic E-state index is 0.117. The van der Waals surface area contributed by atoms with Gasteiger partial charge in [-0.1, -0.05) is 32.4 Å². The van der Waals surface area contributed by atoms with E-state index >= 15 is 0 Å². The Morgan fingerprint density at radius 3 is 2.44 bits per heavy atom. The van der Waals surface area contributed by atoms with Gasteiger partial charge in [-0.25, -0.2) is 4.39 Å². The van der Waals surface area contributed by atoms with Crippen molar-refractivity contribution in [2.75, 3.05) is 0 Å². The molecule has 0 aliphatic rings. The number of pyridine rings is 1. The van der Waals surface area contributed by atoms with Crippen LogP contribution in [0.15, 0.2) is 16.6 Å². The van der Waals surface area contributed by atoms with Crippen molar-refractivity contribution in [2.24, 2.45) is 0 Å². The van der Waals surface area contributed by atoms with Gasteiger partial charge in [0.25, 0.3) is 0 Å². The second kappa shape index (κ2) is 4.46. The van der Waals surface area contributed by atoms with E-state index in [1.54, 1.807) is 12.1 Å². The van der Waals surface area contributed by atoms with E-state index in [-0.39, 0.29) is 11.2 Å². The Labute approximate surface area is 119 Å². The van der Waals surface area contributed by atoms with Crippen LogP contribution in [0.1, 0.15) is 32.0 Å². The molecule has 18 heavy (non-hydrogen) atoms. The monoisotopic (exact) mass is 329 g/mol. The Bertz CT molecular complexity index is 632. The maximum Gasteiger partial charge on any atom is 0.148 e. The lowest BCUT2D eigenvalue weighted by molar-refractivity contribution is 0.571. The molecular formula is C14H14BrClFN. The molecule has 2 aromatic rings. The van der Waals surface area contributed by atoms with Gasteiger partial charge in [-0.05, 0) is 40.5 Å². The molecule has 0 aliphatic heterocycles. The molecular weight excluding hydrogens is 317 g/mol. The van der Waals surface area contributed by atoms with Crippen molar-refractivity contribution in [2.45, 2.75) is 33.1 Å². The third-order valence-electron chi connectivity index (χ3n) is 2.89. The average Bonchev–Trinajstić information content (AvgIpc) is 2.24. The van der Waals surface area contributed by atoms with Gasteiger partial charge in [-0.15, -0.1) is 0 Å². The van der Waals surface area contributed by atoms with Gasteiger partial charge in [0.05, 0.1) is 20.4 Å². The van der Waals surface area contributed by atoms with Gasteiger partial charge in [-0.3, -0.25) is 4.98 Å². The fourth-order valence-electron chi connectivity index (χ4n) is 1.83. The molecule has 0 spiro atoms. The number of nitrogens with zero attached hydrogens (tertiary/aromatic N) is 1. The molecule has 0 amide bonds. The summed E-state index contributed by atoms with van der Waals surface area (Å²) < 4.78 is 14.5. The van der Waals surface area contributed by atoms with E-state index in [1.165, 1.54) is 0 Å². The molecule has 0 radical (unpaired) electrons. The lowest BCUT2D eigenvalue weighted by atomic mass is 9.91. The van der Waals surface area contributed by atoms with Crippen LogP contribution >= 0.6 is 27.5 Å². The van der Waals surface area contributed by atoms with E-state index < -0.39 is 0 Å². The van der Waals surface area contributed by atoms with Crippen LogP contribution in [0.5, 0.6) is 0 Å². The van der Waals surface area contributed by atoms with E-state index in [1.807, 2.05) is 6.92 Å². The van der Waals surface area contributed by atoms with Gasteiger partial charge < -0.3 is 0 Å². The Morgan fingerprint density at radius 1 is 1.28 bits per heavy atom. The topological polar surface area (TPSA) is 12.9 Å². The summed E-state index contributed by atoms with van der Waals surface area (Å²) in [6.45, 7) is 8.08. The highest BCUT2D eigenvalue weighted by Gasteiger charge is 2.20. The molecule has 0 bridgehead atoms. The smallest absolute Gasteiger partial charge is 0.148 e. The van der Waals surface area contributed by atoms with Crippen molar-refractivity contribution in [3.63, 3.8) is 0 Å². The van der Waals surface area contributed by atoms with Crippen LogP contribution in [0.2, 0.25) is 5.02 Å². The molecule has 0 unspecified atom stereocenters. The van der Waals surface area contributed by atoms with Crippen LogP contribution in [0, 0.1) is 12.7 Å². The van der Waals surface area contributed by atoms with Gasteiger partial charge >= 0.3 is 0 Å². The molecule has 0 atom stereocenters. The van der Waals surface area contributed by atoms with Crippen molar-refractivity contribution in [1.29, 1.82) is 0 Å². The summed E-state index contributed by atoms with van der Waals surface area (Å²) in [5.74, 6) is -0.353. The SMILES string of the molecule is Cc1cc(Br)c(F)c2c(Cl)cc(C(C)(C)C)nc12. The third kappa shape index (κ3) is 2.26. The summed E-state index contributed by atoms with van der Waals surface area (Å²) in [5.41, 5.74) is 2.29. The standard InChI is InChI=1S/C14H14BrClFN/c1-7-5-8(15)12(17)11-9(16)6-10(14(2,3)4)18-13(7)11/h5-6H,1-4H3. The fourth-order valence-corrected chi connectivity index (χ4v) is 2.65. The Morgan fingerprint density at radius 2 is 1.89 bits per heavy atom. The molecule has 0 saturated heterocycles. The first-order valence-electron chi connectivity index (χ1n) is 5.67. The van der Waals surface area contributed by atoms with E-state index in [9.17, 15) is 4.39 Å². The first-order chi connectivity index (χ1) is 8.21. The van der Waals surface area contributed by atoms with Crippen molar-refractivity contribution in [3.05, 3.63) is 38.7 Å². The van der Waals surface area contributed by atoms with Crippen LogP contribution in [0.3, 0.4) is 0 Å². The quantitative estimate of drug-likeness (QED) is 0.630. The number of hydrogen-bond donors (Lipinski definition) is 0. The molecule has 0 saturated carbocycles. The molecule has 0 fully saturated rings. The normalized spacial score (nSPS) is 12.2. The van der Waals surface area contributed by atoms with Gasteiger partial charge in [0.1, 0.15) is 5.82 Å². The largest absolute Gasteiger partial charge is 0.252 e. The number of fused-ring (bicyclic) bond motifs is 1. The Hall–Kier alpha value is -0.670. The molecule has 4 heteroatoms. The second-order valence-electron chi connectivity index (χ2n) is 5.45. The number of aryl methyl sites for hydroxylation is 1. The minimum atomic E-state index is -0.353. The van der Waals surface area contributed by atoms with Gasteiger partial charge in [-0.2, -0.15) is 0 Å². The second-order valence-corrected chi connectivity index (χ2v) is 6.71. The van der Waals surface area contributed by atoms with E-state index in [2.05, 4.69) is 41.7 Å². The summed E-state index contributed by atoms with van der Waals surface area (Å²) >= 11 is 9.41. The highest BCUT2D eigenvalue weighted by Crippen LogP contribution is 2.34. The summed E-state index contributed by atoms with van der Waals surface area (Å²) in [6.07, 6.45) is 0. The fraction of sp³-hybridized carbons (Fsp3) is 0.357. The zero-order chi connectivity index (χ0) is 13.7. The van der Waals surface area contributed by atoms with E-state index in [0.29, 0.717) is 20.4 Å². The predicted molar refractivity (Wildman–Crippen MR) is 77.8 cm³/mol. The van der Waals surface area contributed by atoms with Crippen LogP contribution in [-0.4, -0.2) is 4.98 Å².